The van der Waals surface area contributed by atoms with Gasteiger partial charge in [0.05, 0.1) is 24.2 Å². The average Bonchev–Trinajstić information content (AvgIpc) is 3.15. The second-order valence-electron chi connectivity index (χ2n) is 10.8. The molecule has 1 aromatic carbocycles. The molecule has 32 heavy (non-hydrogen) atoms. The smallest absolute Gasteiger partial charge is 0.226 e. The number of amides is 1. The van der Waals surface area contributed by atoms with Gasteiger partial charge in [0, 0.05) is 44.6 Å². The first-order valence-electron chi connectivity index (χ1n) is 12.7. The van der Waals surface area contributed by atoms with E-state index in [1.807, 2.05) is 0 Å². The molecule has 2 aromatic rings. The van der Waals surface area contributed by atoms with Crippen molar-refractivity contribution >= 4 is 16.9 Å². The highest BCUT2D eigenvalue weighted by molar-refractivity contribution is 5.83. The number of nitrogens with zero attached hydrogens (tertiary/aromatic N) is 3. The maximum atomic E-state index is 13.3. The largest absolute Gasteiger partial charge is 0.379 e. The highest BCUT2D eigenvalue weighted by Crippen LogP contribution is 2.60. The Morgan fingerprint density at radius 1 is 1.03 bits per heavy atom. The molecule has 5 aliphatic rings. The van der Waals surface area contributed by atoms with Crippen LogP contribution in [-0.4, -0.2) is 59.8 Å². The van der Waals surface area contributed by atoms with Crippen molar-refractivity contribution in [2.24, 2.45) is 23.2 Å². The molecular weight excluding hydrogens is 400 g/mol. The second kappa shape index (κ2) is 8.45. The van der Waals surface area contributed by atoms with Gasteiger partial charge >= 0.3 is 0 Å². The summed E-state index contributed by atoms with van der Waals surface area (Å²) < 4.78 is 7.86. The second-order valence-corrected chi connectivity index (χ2v) is 10.8. The summed E-state index contributed by atoms with van der Waals surface area (Å²) in [5, 5.41) is 3.35. The summed E-state index contributed by atoms with van der Waals surface area (Å²) in [6.45, 7) is 6.28. The van der Waals surface area contributed by atoms with Crippen molar-refractivity contribution in [2.75, 3.05) is 39.4 Å². The summed E-state index contributed by atoms with van der Waals surface area (Å²) in [4.78, 5) is 20.7. The number of morpholine rings is 1. The van der Waals surface area contributed by atoms with Gasteiger partial charge in [-0.25, -0.2) is 4.98 Å². The molecule has 1 N–H and O–H groups in total. The number of carbonyl (C=O) groups excluding carboxylic acids is 1. The predicted molar refractivity (Wildman–Crippen MR) is 124 cm³/mol. The normalized spacial score (nSPS) is 31.9. The first-order chi connectivity index (χ1) is 15.7. The van der Waals surface area contributed by atoms with Crippen LogP contribution >= 0.6 is 0 Å². The molecule has 1 saturated heterocycles. The van der Waals surface area contributed by atoms with E-state index in [4.69, 9.17) is 9.72 Å². The topological polar surface area (TPSA) is 59.4 Å². The molecule has 4 bridgehead atoms. The SMILES string of the molecule is O=C(NCCc1nc2ccccc2n1CCN1CCOCC1)C12CC3CC(CC(C3)C1)C2. The van der Waals surface area contributed by atoms with Gasteiger partial charge in [-0.2, -0.15) is 0 Å². The highest BCUT2D eigenvalue weighted by Gasteiger charge is 2.54. The van der Waals surface area contributed by atoms with E-state index in [1.165, 1.54) is 24.8 Å². The molecule has 1 amide bonds. The third-order valence-corrected chi connectivity index (χ3v) is 8.63. The van der Waals surface area contributed by atoms with Crippen LogP contribution in [0.3, 0.4) is 0 Å². The minimum Gasteiger partial charge on any atom is -0.379 e. The van der Waals surface area contributed by atoms with E-state index in [0.717, 1.165) is 94.2 Å². The quantitative estimate of drug-likeness (QED) is 0.724. The van der Waals surface area contributed by atoms with Gasteiger partial charge in [-0.15, -0.1) is 0 Å². The number of aromatic nitrogens is 2. The summed E-state index contributed by atoms with van der Waals surface area (Å²) in [7, 11) is 0. The molecule has 0 atom stereocenters. The van der Waals surface area contributed by atoms with Gasteiger partial charge in [-0.3, -0.25) is 9.69 Å². The fraction of sp³-hybridized carbons (Fsp3) is 0.692. The minimum absolute atomic E-state index is 0.0643. The molecule has 2 heterocycles. The van der Waals surface area contributed by atoms with Crippen LogP contribution in [0.5, 0.6) is 0 Å². The molecule has 172 valence electrons. The first-order valence-corrected chi connectivity index (χ1v) is 12.7. The molecular formula is C26H36N4O2. The minimum atomic E-state index is -0.0643. The average molecular weight is 437 g/mol. The fourth-order valence-electron chi connectivity index (χ4n) is 7.50. The number of ether oxygens (including phenoxy) is 1. The Balaban J connectivity index is 1.12. The molecule has 1 aromatic heterocycles. The maximum absolute atomic E-state index is 13.3. The fourth-order valence-corrected chi connectivity index (χ4v) is 7.50. The zero-order valence-electron chi connectivity index (χ0n) is 19.1. The number of rotatable bonds is 7. The van der Waals surface area contributed by atoms with E-state index in [0.29, 0.717) is 12.5 Å². The van der Waals surface area contributed by atoms with E-state index in [2.05, 4.69) is 39.0 Å². The molecule has 0 radical (unpaired) electrons. The highest BCUT2D eigenvalue weighted by atomic mass is 16.5. The van der Waals surface area contributed by atoms with Crippen LogP contribution in [0.15, 0.2) is 24.3 Å². The van der Waals surface area contributed by atoms with Crippen LogP contribution in [-0.2, 0) is 22.5 Å². The predicted octanol–water partition coefficient (Wildman–Crippen LogP) is 3.24. The lowest BCUT2D eigenvalue weighted by Gasteiger charge is -2.55. The van der Waals surface area contributed by atoms with Crippen LogP contribution < -0.4 is 5.32 Å². The summed E-state index contributed by atoms with van der Waals surface area (Å²) in [6, 6.07) is 8.41. The first kappa shape index (κ1) is 20.7. The number of hydrogen-bond acceptors (Lipinski definition) is 4. The molecule has 0 spiro atoms. The number of carbonyl (C=O) groups is 1. The molecule has 4 aliphatic carbocycles. The Morgan fingerprint density at radius 3 is 2.44 bits per heavy atom. The van der Waals surface area contributed by atoms with Gasteiger partial charge in [0.1, 0.15) is 5.82 Å². The van der Waals surface area contributed by atoms with Crippen molar-refractivity contribution in [3.8, 4) is 0 Å². The van der Waals surface area contributed by atoms with Gasteiger partial charge in [-0.1, -0.05) is 12.1 Å². The Morgan fingerprint density at radius 2 is 1.72 bits per heavy atom. The van der Waals surface area contributed by atoms with E-state index in [9.17, 15) is 4.79 Å². The van der Waals surface area contributed by atoms with Crippen LogP contribution in [0.2, 0.25) is 0 Å². The van der Waals surface area contributed by atoms with Crippen molar-refractivity contribution in [3.05, 3.63) is 30.1 Å². The standard InChI is InChI=1S/C26H36N4O2/c31-25(26-16-19-13-20(17-26)15-21(14-19)18-26)27-6-5-24-28-22-3-1-2-4-23(22)30(24)8-7-29-9-11-32-12-10-29/h1-4,19-21H,5-18H2,(H,27,31). The summed E-state index contributed by atoms with van der Waals surface area (Å²) in [5.74, 6) is 3.82. The van der Waals surface area contributed by atoms with Crippen LogP contribution in [0.25, 0.3) is 11.0 Å². The van der Waals surface area contributed by atoms with E-state index < -0.39 is 0 Å². The number of benzene rings is 1. The van der Waals surface area contributed by atoms with Crippen molar-refractivity contribution in [3.63, 3.8) is 0 Å². The summed E-state index contributed by atoms with van der Waals surface area (Å²) >= 11 is 0. The van der Waals surface area contributed by atoms with Crippen LogP contribution in [0.1, 0.15) is 44.3 Å². The molecule has 6 heteroatoms. The lowest BCUT2D eigenvalue weighted by molar-refractivity contribution is -0.146. The Hall–Kier alpha value is -1.92. The molecule has 7 rings (SSSR count). The lowest BCUT2D eigenvalue weighted by Crippen LogP contribution is -2.53. The molecule has 0 unspecified atom stereocenters. The van der Waals surface area contributed by atoms with Crippen molar-refractivity contribution < 1.29 is 9.53 Å². The van der Waals surface area contributed by atoms with Gasteiger partial charge in [0.15, 0.2) is 0 Å². The Kier molecular flexibility index (Phi) is 5.46. The third-order valence-electron chi connectivity index (χ3n) is 8.63. The van der Waals surface area contributed by atoms with Gasteiger partial charge in [0.25, 0.3) is 0 Å². The number of imidazole rings is 1. The van der Waals surface area contributed by atoms with Crippen LogP contribution in [0.4, 0.5) is 0 Å². The Labute approximate surface area is 190 Å². The third kappa shape index (κ3) is 3.86. The number of fused-ring (bicyclic) bond motifs is 1. The van der Waals surface area contributed by atoms with Gasteiger partial charge in [0.2, 0.25) is 5.91 Å². The molecule has 4 saturated carbocycles. The monoisotopic (exact) mass is 436 g/mol. The van der Waals surface area contributed by atoms with E-state index in [-0.39, 0.29) is 5.41 Å². The number of para-hydroxylation sites is 2. The molecule has 5 fully saturated rings. The number of nitrogens with one attached hydrogen (secondary N) is 1. The van der Waals surface area contributed by atoms with Gasteiger partial charge in [-0.05, 0) is 68.4 Å². The summed E-state index contributed by atoms with van der Waals surface area (Å²) in [5.41, 5.74) is 2.19. The number of hydrogen-bond donors (Lipinski definition) is 1. The van der Waals surface area contributed by atoms with Gasteiger partial charge < -0.3 is 14.6 Å². The molecule has 1 aliphatic heterocycles. The lowest BCUT2D eigenvalue weighted by atomic mass is 9.49. The Bertz CT molecular complexity index is 942. The molecule has 6 nitrogen and oxygen atoms in total. The zero-order chi connectivity index (χ0) is 21.5. The van der Waals surface area contributed by atoms with Crippen molar-refractivity contribution in [2.45, 2.75) is 51.5 Å². The van der Waals surface area contributed by atoms with Crippen LogP contribution in [0, 0.1) is 23.2 Å². The van der Waals surface area contributed by atoms with Crippen molar-refractivity contribution in [1.82, 2.24) is 19.8 Å². The van der Waals surface area contributed by atoms with E-state index >= 15 is 0 Å². The zero-order valence-corrected chi connectivity index (χ0v) is 19.1. The van der Waals surface area contributed by atoms with Crippen molar-refractivity contribution in [1.29, 1.82) is 0 Å². The summed E-state index contributed by atoms with van der Waals surface area (Å²) in [6.07, 6.45) is 8.30. The maximum Gasteiger partial charge on any atom is 0.226 e. The van der Waals surface area contributed by atoms with E-state index in [1.54, 1.807) is 0 Å².